The van der Waals surface area contributed by atoms with Gasteiger partial charge in [-0.15, -0.1) is 6.42 Å². The zero-order valence-electron chi connectivity index (χ0n) is 11.1. The molecule has 0 bridgehead atoms. The van der Waals surface area contributed by atoms with Gasteiger partial charge in [0.05, 0.1) is 12.1 Å². The van der Waals surface area contributed by atoms with Gasteiger partial charge in [0.25, 0.3) is 0 Å². The van der Waals surface area contributed by atoms with Gasteiger partial charge in [0, 0.05) is 24.8 Å². The van der Waals surface area contributed by atoms with Crippen molar-refractivity contribution in [1.29, 1.82) is 0 Å². The van der Waals surface area contributed by atoms with Crippen LogP contribution in [0.1, 0.15) is 23.2 Å². The lowest BCUT2D eigenvalue weighted by atomic mass is 10.0. The van der Waals surface area contributed by atoms with Crippen LogP contribution >= 0.6 is 0 Å². The van der Waals surface area contributed by atoms with Gasteiger partial charge in [-0.25, -0.2) is 9.18 Å². The van der Waals surface area contributed by atoms with Gasteiger partial charge >= 0.3 is 5.97 Å². The largest absolute Gasteiger partial charge is 0.478 e. The molecular weight excluding hydrogens is 259 g/mol. The van der Waals surface area contributed by atoms with E-state index in [1.54, 1.807) is 6.07 Å². The van der Waals surface area contributed by atoms with Crippen molar-refractivity contribution >= 4 is 11.7 Å². The molecule has 1 aromatic carbocycles. The summed E-state index contributed by atoms with van der Waals surface area (Å²) in [7, 11) is 0. The molecule has 0 atom stereocenters. The topological polar surface area (TPSA) is 52.6 Å². The lowest BCUT2D eigenvalue weighted by Crippen LogP contribution is -2.39. The van der Waals surface area contributed by atoms with Gasteiger partial charge in [0.15, 0.2) is 0 Å². The molecule has 106 valence electrons. The number of carbonyl (C=O) groups is 1. The summed E-state index contributed by atoms with van der Waals surface area (Å²) in [5.74, 6) is 0.656. The minimum absolute atomic E-state index is 0.260. The number of likely N-dealkylation sites (tertiary alicyclic amines) is 1. The van der Waals surface area contributed by atoms with Crippen LogP contribution in [0.15, 0.2) is 18.2 Å². The van der Waals surface area contributed by atoms with Crippen molar-refractivity contribution in [3.05, 3.63) is 29.6 Å². The highest BCUT2D eigenvalue weighted by Gasteiger charge is 2.19. The van der Waals surface area contributed by atoms with Crippen LogP contribution in [0.2, 0.25) is 0 Å². The minimum atomic E-state index is -1.25. The van der Waals surface area contributed by atoms with Crippen LogP contribution in [-0.2, 0) is 0 Å². The van der Waals surface area contributed by atoms with Crippen LogP contribution in [0.3, 0.4) is 0 Å². The summed E-state index contributed by atoms with van der Waals surface area (Å²) in [4.78, 5) is 13.1. The van der Waals surface area contributed by atoms with E-state index in [-0.39, 0.29) is 11.6 Å². The molecular formula is C15H17FN2O2. The molecule has 4 nitrogen and oxygen atoms in total. The van der Waals surface area contributed by atoms with Gasteiger partial charge in [-0.1, -0.05) is 5.92 Å². The highest BCUT2D eigenvalue weighted by Crippen LogP contribution is 2.19. The maximum atomic E-state index is 13.3. The molecule has 1 aromatic rings. The number of hydrogen-bond donors (Lipinski definition) is 2. The van der Waals surface area contributed by atoms with E-state index in [1.165, 1.54) is 12.1 Å². The first kappa shape index (κ1) is 14.4. The number of anilines is 1. The average Bonchev–Trinajstić information content (AvgIpc) is 2.43. The van der Waals surface area contributed by atoms with Crippen LogP contribution in [0.4, 0.5) is 10.1 Å². The summed E-state index contributed by atoms with van der Waals surface area (Å²) in [5.41, 5.74) is 0.332. The van der Waals surface area contributed by atoms with E-state index < -0.39 is 11.8 Å². The van der Waals surface area contributed by atoms with E-state index >= 15 is 0 Å². The number of aromatic carboxylic acids is 1. The maximum Gasteiger partial charge on any atom is 0.338 e. The Kier molecular flexibility index (Phi) is 4.59. The molecule has 5 heteroatoms. The second-order valence-corrected chi connectivity index (χ2v) is 4.90. The zero-order chi connectivity index (χ0) is 14.5. The molecule has 1 aliphatic rings. The summed E-state index contributed by atoms with van der Waals surface area (Å²) in [5, 5.41) is 12.2. The Labute approximate surface area is 117 Å². The average molecular weight is 276 g/mol. The molecule has 20 heavy (non-hydrogen) atoms. The molecule has 1 aliphatic heterocycles. The zero-order valence-corrected chi connectivity index (χ0v) is 11.1. The molecule has 0 unspecified atom stereocenters. The Balaban J connectivity index is 1.96. The Morgan fingerprint density at radius 1 is 1.50 bits per heavy atom. The Morgan fingerprint density at radius 3 is 2.80 bits per heavy atom. The number of rotatable bonds is 4. The van der Waals surface area contributed by atoms with Crippen LogP contribution in [-0.4, -0.2) is 41.7 Å². The molecule has 2 N–H and O–H groups in total. The van der Waals surface area contributed by atoms with Crippen molar-refractivity contribution in [3.63, 3.8) is 0 Å². The van der Waals surface area contributed by atoms with Gasteiger partial charge in [-0.3, -0.25) is 4.90 Å². The number of nitrogens with zero attached hydrogens (tertiary/aromatic N) is 1. The van der Waals surface area contributed by atoms with Crippen molar-refractivity contribution in [2.45, 2.75) is 18.9 Å². The molecule has 1 saturated heterocycles. The maximum absolute atomic E-state index is 13.3. The van der Waals surface area contributed by atoms with Gasteiger partial charge in [-0.2, -0.15) is 0 Å². The van der Waals surface area contributed by atoms with Gasteiger partial charge in [0.2, 0.25) is 0 Å². The fourth-order valence-electron chi connectivity index (χ4n) is 2.38. The monoisotopic (exact) mass is 276 g/mol. The normalized spacial score (nSPS) is 16.6. The first-order valence-electron chi connectivity index (χ1n) is 6.55. The number of hydrogen-bond acceptors (Lipinski definition) is 3. The number of halogens is 1. The van der Waals surface area contributed by atoms with E-state index in [0.29, 0.717) is 12.2 Å². The highest BCUT2D eigenvalue weighted by atomic mass is 19.1. The molecule has 0 saturated carbocycles. The van der Waals surface area contributed by atoms with Crippen LogP contribution in [0, 0.1) is 18.2 Å². The number of carboxylic acids is 1. The molecule has 0 aliphatic carbocycles. The Hall–Kier alpha value is -2.06. The first-order chi connectivity index (χ1) is 9.60. The number of carboxylic acid groups (broad SMARTS) is 1. The van der Waals surface area contributed by atoms with Gasteiger partial charge < -0.3 is 10.4 Å². The standard InChI is InChI=1S/C15H17FN2O2/c1-2-7-18-8-5-11(6-9-18)17-12-3-4-14(16)13(10-12)15(19)20/h1,3-4,10-11,17H,5-9H2,(H,19,20). The SMILES string of the molecule is C#CCN1CCC(Nc2ccc(F)c(C(=O)O)c2)CC1. The van der Waals surface area contributed by atoms with E-state index in [2.05, 4.69) is 16.1 Å². The predicted octanol–water partition coefficient (Wildman–Crippen LogP) is 2.03. The van der Waals surface area contributed by atoms with Crippen LogP contribution < -0.4 is 5.32 Å². The molecule has 1 fully saturated rings. The van der Waals surface area contributed by atoms with Crippen molar-refractivity contribution in [1.82, 2.24) is 4.90 Å². The van der Waals surface area contributed by atoms with Gasteiger partial charge in [0.1, 0.15) is 5.82 Å². The van der Waals surface area contributed by atoms with Crippen LogP contribution in [0.5, 0.6) is 0 Å². The van der Waals surface area contributed by atoms with Crippen molar-refractivity contribution in [2.24, 2.45) is 0 Å². The minimum Gasteiger partial charge on any atom is -0.478 e. The summed E-state index contributed by atoms with van der Waals surface area (Å²) in [6, 6.07) is 4.34. The second kappa shape index (κ2) is 6.40. The quantitative estimate of drug-likeness (QED) is 0.826. The summed E-state index contributed by atoms with van der Waals surface area (Å²) >= 11 is 0. The van der Waals surface area contributed by atoms with Gasteiger partial charge in [-0.05, 0) is 31.0 Å². The first-order valence-corrected chi connectivity index (χ1v) is 6.55. The number of terminal acetylenes is 1. The van der Waals surface area contributed by atoms with Crippen molar-refractivity contribution in [3.8, 4) is 12.3 Å². The molecule has 1 heterocycles. The lowest BCUT2D eigenvalue weighted by Gasteiger charge is -2.31. The smallest absolute Gasteiger partial charge is 0.338 e. The molecule has 0 aromatic heterocycles. The highest BCUT2D eigenvalue weighted by molar-refractivity contribution is 5.89. The Bertz CT molecular complexity index is 531. The van der Waals surface area contributed by atoms with Crippen molar-refractivity contribution < 1.29 is 14.3 Å². The summed E-state index contributed by atoms with van der Waals surface area (Å²) < 4.78 is 13.3. The molecule has 2 rings (SSSR count). The lowest BCUT2D eigenvalue weighted by molar-refractivity contribution is 0.0692. The fraction of sp³-hybridized carbons (Fsp3) is 0.400. The summed E-state index contributed by atoms with van der Waals surface area (Å²) in [6.07, 6.45) is 7.14. The molecule has 0 spiro atoms. The van der Waals surface area contributed by atoms with E-state index in [4.69, 9.17) is 11.5 Å². The van der Waals surface area contributed by atoms with Crippen LogP contribution in [0.25, 0.3) is 0 Å². The number of benzene rings is 1. The van der Waals surface area contributed by atoms with Crippen molar-refractivity contribution in [2.75, 3.05) is 25.0 Å². The molecule has 0 radical (unpaired) electrons. The van der Waals surface area contributed by atoms with E-state index in [1.807, 2.05) is 0 Å². The second-order valence-electron chi connectivity index (χ2n) is 4.90. The fourth-order valence-corrected chi connectivity index (χ4v) is 2.38. The Morgan fingerprint density at radius 2 is 2.20 bits per heavy atom. The van der Waals surface area contributed by atoms with E-state index in [0.717, 1.165) is 25.9 Å². The number of piperidine rings is 1. The predicted molar refractivity (Wildman–Crippen MR) is 75.3 cm³/mol. The number of nitrogens with one attached hydrogen (secondary N) is 1. The summed E-state index contributed by atoms with van der Waals surface area (Å²) in [6.45, 7) is 2.48. The third-order valence-electron chi connectivity index (χ3n) is 3.47. The third-order valence-corrected chi connectivity index (χ3v) is 3.47. The van der Waals surface area contributed by atoms with E-state index in [9.17, 15) is 9.18 Å². The molecule has 0 amide bonds. The third kappa shape index (κ3) is 3.49.